The molecule has 0 spiro atoms. The highest BCUT2D eigenvalue weighted by Gasteiger charge is 2.36. The van der Waals surface area contributed by atoms with E-state index in [1.165, 1.54) is 7.11 Å². The minimum absolute atomic E-state index is 0.150. The number of carbonyl (C=O) groups excluding carboxylic acids is 1. The number of nitrogens with one attached hydrogen (secondary N) is 1. The van der Waals surface area contributed by atoms with Crippen LogP contribution in [0, 0.1) is 5.41 Å². The van der Waals surface area contributed by atoms with Crippen LogP contribution in [0.15, 0.2) is 30.3 Å². The van der Waals surface area contributed by atoms with Crippen molar-refractivity contribution >= 4 is 5.91 Å². The van der Waals surface area contributed by atoms with Gasteiger partial charge in [-0.1, -0.05) is 50.1 Å². The van der Waals surface area contributed by atoms with Gasteiger partial charge in [-0.2, -0.15) is 0 Å². The third-order valence-electron chi connectivity index (χ3n) is 4.52. The largest absolute Gasteiger partial charge is 0.392 e. The number of aliphatic hydroxyl groups is 1. The Morgan fingerprint density at radius 3 is 2.76 bits per heavy atom. The van der Waals surface area contributed by atoms with Crippen LogP contribution < -0.4 is 5.32 Å². The molecule has 21 heavy (non-hydrogen) atoms. The number of ether oxygens (including phenoxy) is 1. The molecule has 0 aliphatic heterocycles. The molecule has 0 bridgehead atoms. The Balaban J connectivity index is 1.97. The third-order valence-corrected chi connectivity index (χ3v) is 4.52. The summed E-state index contributed by atoms with van der Waals surface area (Å²) in [6.07, 6.45) is 2.99. The molecule has 0 radical (unpaired) electrons. The first-order valence-corrected chi connectivity index (χ1v) is 7.60. The number of methoxy groups -OCH3 is 1. The van der Waals surface area contributed by atoms with Gasteiger partial charge in [0.15, 0.2) is 6.10 Å². The van der Waals surface area contributed by atoms with Gasteiger partial charge in [0.1, 0.15) is 0 Å². The lowest BCUT2D eigenvalue weighted by Crippen LogP contribution is -2.46. The molecule has 116 valence electrons. The maximum atomic E-state index is 12.3. The average molecular weight is 291 g/mol. The number of aliphatic hydroxyl groups excluding tert-OH is 1. The Labute approximate surface area is 126 Å². The highest BCUT2D eigenvalue weighted by atomic mass is 16.5. The first kappa shape index (κ1) is 16.0. The zero-order chi connectivity index (χ0) is 15.3. The molecule has 4 nitrogen and oxygen atoms in total. The molecule has 1 aliphatic carbocycles. The van der Waals surface area contributed by atoms with Gasteiger partial charge in [0.05, 0.1) is 6.10 Å². The van der Waals surface area contributed by atoms with Crippen LogP contribution in [-0.4, -0.2) is 30.8 Å². The Bertz CT molecular complexity index is 462. The second kappa shape index (κ2) is 7.05. The van der Waals surface area contributed by atoms with Crippen LogP contribution in [0.25, 0.3) is 0 Å². The molecule has 2 unspecified atom stereocenters. The summed E-state index contributed by atoms with van der Waals surface area (Å²) < 4.78 is 5.32. The first-order valence-electron chi connectivity index (χ1n) is 7.60. The number of hydrogen-bond acceptors (Lipinski definition) is 3. The molecule has 4 heteroatoms. The topological polar surface area (TPSA) is 58.6 Å². The summed E-state index contributed by atoms with van der Waals surface area (Å²) in [4.78, 5) is 12.3. The maximum absolute atomic E-state index is 12.3. The van der Waals surface area contributed by atoms with Crippen molar-refractivity contribution in [3.63, 3.8) is 0 Å². The summed E-state index contributed by atoms with van der Waals surface area (Å²) in [5.74, 6) is -0.150. The van der Waals surface area contributed by atoms with Gasteiger partial charge in [-0.25, -0.2) is 0 Å². The van der Waals surface area contributed by atoms with Crippen molar-refractivity contribution in [2.75, 3.05) is 13.7 Å². The van der Waals surface area contributed by atoms with Crippen molar-refractivity contribution in [1.82, 2.24) is 5.32 Å². The van der Waals surface area contributed by atoms with Crippen LogP contribution in [0.4, 0.5) is 0 Å². The molecular formula is C17H25NO3. The highest BCUT2D eigenvalue weighted by Crippen LogP contribution is 2.35. The number of rotatable bonds is 5. The Morgan fingerprint density at radius 1 is 1.43 bits per heavy atom. The van der Waals surface area contributed by atoms with Gasteiger partial charge in [-0.15, -0.1) is 0 Å². The number of carbonyl (C=O) groups is 1. The van der Waals surface area contributed by atoms with E-state index in [4.69, 9.17) is 4.74 Å². The van der Waals surface area contributed by atoms with Gasteiger partial charge in [0.25, 0.3) is 5.91 Å². The van der Waals surface area contributed by atoms with Gasteiger partial charge < -0.3 is 15.2 Å². The fraction of sp³-hybridized carbons (Fsp3) is 0.588. The van der Waals surface area contributed by atoms with Gasteiger partial charge in [0, 0.05) is 19.1 Å². The molecule has 1 amide bonds. The van der Waals surface area contributed by atoms with Crippen LogP contribution in [0.1, 0.15) is 44.3 Å². The molecule has 1 aromatic carbocycles. The molecule has 1 aliphatic rings. The minimum Gasteiger partial charge on any atom is -0.392 e. The number of amides is 1. The summed E-state index contributed by atoms with van der Waals surface area (Å²) in [5.41, 5.74) is 0.606. The zero-order valence-electron chi connectivity index (χ0n) is 12.8. The van der Waals surface area contributed by atoms with Crippen molar-refractivity contribution in [1.29, 1.82) is 0 Å². The molecule has 2 N–H and O–H groups in total. The summed E-state index contributed by atoms with van der Waals surface area (Å²) >= 11 is 0. The van der Waals surface area contributed by atoms with Crippen LogP contribution in [-0.2, 0) is 9.53 Å². The minimum atomic E-state index is -0.601. The molecule has 0 heterocycles. The first-order chi connectivity index (χ1) is 10.1. The van der Waals surface area contributed by atoms with Gasteiger partial charge in [0.2, 0.25) is 0 Å². The van der Waals surface area contributed by atoms with Crippen LogP contribution >= 0.6 is 0 Å². The molecule has 1 fully saturated rings. The normalized spacial score (nSPS) is 27.1. The molecule has 1 saturated carbocycles. The Morgan fingerprint density at radius 2 is 2.14 bits per heavy atom. The smallest absolute Gasteiger partial charge is 0.253 e. The van der Waals surface area contributed by atoms with E-state index in [0.717, 1.165) is 31.2 Å². The molecule has 0 saturated heterocycles. The maximum Gasteiger partial charge on any atom is 0.253 e. The van der Waals surface area contributed by atoms with Crippen LogP contribution in [0.2, 0.25) is 0 Å². The lowest BCUT2D eigenvalue weighted by atomic mass is 9.73. The van der Waals surface area contributed by atoms with Crippen molar-refractivity contribution < 1.29 is 14.6 Å². The van der Waals surface area contributed by atoms with E-state index in [-0.39, 0.29) is 17.4 Å². The van der Waals surface area contributed by atoms with E-state index < -0.39 is 6.10 Å². The van der Waals surface area contributed by atoms with E-state index in [9.17, 15) is 9.90 Å². The average Bonchev–Trinajstić information content (AvgIpc) is 2.50. The fourth-order valence-electron chi connectivity index (χ4n) is 2.99. The highest BCUT2D eigenvalue weighted by molar-refractivity contribution is 5.82. The van der Waals surface area contributed by atoms with Crippen molar-refractivity contribution in [2.45, 2.75) is 44.8 Å². The molecule has 0 aromatic heterocycles. The lowest BCUT2D eigenvalue weighted by molar-refractivity contribution is -0.132. The van der Waals surface area contributed by atoms with Crippen molar-refractivity contribution in [3.8, 4) is 0 Å². The quantitative estimate of drug-likeness (QED) is 0.876. The zero-order valence-corrected chi connectivity index (χ0v) is 12.8. The molecule has 3 atom stereocenters. The summed E-state index contributed by atoms with van der Waals surface area (Å²) in [6.45, 7) is 2.53. The van der Waals surface area contributed by atoms with Gasteiger partial charge >= 0.3 is 0 Å². The summed E-state index contributed by atoms with van der Waals surface area (Å²) in [6, 6.07) is 9.45. The predicted molar refractivity (Wildman–Crippen MR) is 81.8 cm³/mol. The number of benzene rings is 1. The van der Waals surface area contributed by atoms with E-state index in [1.807, 2.05) is 37.3 Å². The molecule has 2 rings (SSSR count). The third kappa shape index (κ3) is 3.83. The van der Waals surface area contributed by atoms with Crippen molar-refractivity contribution in [2.24, 2.45) is 5.41 Å². The van der Waals surface area contributed by atoms with Crippen LogP contribution in [0.5, 0.6) is 0 Å². The monoisotopic (exact) mass is 291 g/mol. The number of hydrogen-bond donors (Lipinski definition) is 2. The van der Waals surface area contributed by atoms with E-state index in [1.54, 1.807) is 0 Å². The molecular weight excluding hydrogens is 266 g/mol. The summed E-state index contributed by atoms with van der Waals surface area (Å²) in [5, 5.41) is 13.1. The summed E-state index contributed by atoms with van der Waals surface area (Å²) in [7, 11) is 1.54. The van der Waals surface area contributed by atoms with E-state index in [0.29, 0.717) is 6.54 Å². The van der Waals surface area contributed by atoms with E-state index in [2.05, 4.69) is 5.32 Å². The Hall–Kier alpha value is -1.39. The standard InChI is InChI=1S/C17H25NO3/c1-17(11-7-6-10-14(17)19)12-18-16(20)15(21-2)13-8-4-3-5-9-13/h3-5,8-9,14-15,19H,6-7,10-12H2,1-2H3,(H,18,20)/t14?,15-,17?/m1/s1. The van der Waals surface area contributed by atoms with E-state index >= 15 is 0 Å². The molecule has 1 aromatic rings. The van der Waals surface area contributed by atoms with Gasteiger partial charge in [-0.05, 0) is 18.4 Å². The van der Waals surface area contributed by atoms with Crippen molar-refractivity contribution in [3.05, 3.63) is 35.9 Å². The Kier molecular flexibility index (Phi) is 5.37. The van der Waals surface area contributed by atoms with Crippen LogP contribution in [0.3, 0.4) is 0 Å². The fourth-order valence-corrected chi connectivity index (χ4v) is 2.99. The second-order valence-electron chi connectivity index (χ2n) is 6.16. The SMILES string of the molecule is CO[C@@H](C(=O)NCC1(C)CCCCC1O)c1ccccc1. The lowest BCUT2D eigenvalue weighted by Gasteiger charge is -2.38. The van der Waals surface area contributed by atoms with Gasteiger partial charge in [-0.3, -0.25) is 4.79 Å². The predicted octanol–water partition coefficient (Wildman–Crippen LogP) is 2.43. The second-order valence-corrected chi connectivity index (χ2v) is 6.16.